The summed E-state index contributed by atoms with van der Waals surface area (Å²) in [7, 11) is 0. The van der Waals surface area contributed by atoms with E-state index in [4.69, 9.17) is 0 Å². The van der Waals surface area contributed by atoms with Crippen molar-refractivity contribution >= 4 is 31.9 Å². The van der Waals surface area contributed by atoms with Crippen molar-refractivity contribution in [1.82, 2.24) is 4.57 Å². The van der Waals surface area contributed by atoms with Gasteiger partial charge in [-0.05, 0) is 39.7 Å². The van der Waals surface area contributed by atoms with Gasteiger partial charge < -0.3 is 4.57 Å². The molecule has 2 aromatic rings. The third kappa shape index (κ3) is 2.44. The lowest BCUT2D eigenvalue weighted by Gasteiger charge is -2.07. The SMILES string of the molecule is O=c1c(Br)cccn1Cc1ccccc1Br. The van der Waals surface area contributed by atoms with E-state index in [1.54, 1.807) is 16.8 Å². The molecule has 0 unspecified atom stereocenters. The molecule has 0 aliphatic heterocycles. The molecule has 0 aliphatic carbocycles. The zero-order valence-electron chi connectivity index (χ0n) is 8.36. The van der Waals surface area contributed by atoms with Crippen molar-refractivity contribution in [3.05, 3.63) is 67.5 Å². The Hall–Kier alpha value is -0.870. The lowest BCUT2D eigenvalue weighted by molar-refractivity contribution is 0.752. The average Bonchev–Trinajstić information content (AvgIpc) is 2.28. The zero-order chi connectivity index (χ0) is 11.5. The van der Waals surface area contributed by atoms with E-state index in [1.807, 2.05) is 30.3 Å². The summed E-state index contributed by atoms with van der Waals surface area (Å²) in [5, 5.41) is 0. The van der Waals surface area contributed by atoms with Crippen LogP contribution in [0.25, 0.3) is 0 Å². The van der Waals surface area contributed by atoms with Gasteiger partial charge in [-0.3, -0.25) is 4.79 Å². The van der Waals surface area contributed by atoms with Crippen LogP contribution in [0.5, 0.6) is 0 Å². The van der Waals surface area contributed by atoms with Crippen LogP contribution >= 0.6 is 31.9 Å². The van der Waals surface area contributed by atoms with Crippen LogP contribution in [0.1, 0.15) is 5.56 Å². The Bertz CT molecular complexity index is 563. The molecule has 2 nitrogen and oxygen atoms in total. The maximum atomic E-state index is 11.8. The minimum atomic E-state index is -0.0155. The van der Waals surface area contributed by atoms with Crippen LogP contribution in [0.2, 0.25) is 0 Å². The first-order valence-electron chi connectivity index (χ1n) is 4.77. The van der Waals surface area contributed by atoms with Gasteiger partial charge in [0.2, 0.25) is 0 Å². The molecule has 0 aliphatic rings. The van der Waals surface area contributed by atoms with Gasteiger partial charge in [0.25, 0.3) is 5.56 Å². The van der Waals surface area contributed by atoms with E-state index in [-0.39, 0.29) is 5.56 Å². The fraction of sp³-hybridized carbons (Fsp3) is 0.0833. The predicted octanol–water partition coefficient (Wildman–Crippen LogP) is 3.42. The number of nitrogens with zero attached hydrogens (tertiary/aromatic N) is 1. The summed E-state index contributed by atoms with van der Waals surface area (Å²) in [6.07, 6.45) is 1.78. The Morgan fingerprint density at radius 2 is 1.69 bits per heavy atom. The average molecular weight is 343 g/mol. The molecule has 0 N–H and O–H groups in total. The van der Waals surface area contributed by atoms with E-state index in [1.165, 1.54) is 0 Å². The molecule has 82 valence electrons. The zero-order valence-corrected chi connectivity index (χ0v) is 11.5. The molecule has 0 amide bonds. The number of hydrogen-bond acceptors (Lipinski definition) is 1. The van der Waals surface area contributed by atoms with Gasteiger partial charge in [-0.1, -0.05) is 34.1 Å². The van der Waals surface area contributed by atoms with Crippen molar-refractivity contribution < 1.29 is 0 Å². The largest absolute Gasteiger partial charge is 0.310 e. The van der Waals surface area contributed by atoms with Crippen LogP contribution in [-0.4, -0.2) is 4.57 Å². The summed E-state index contributed by atoms with van der Waals surface area (Å²) >= 11 is 6.70. The minimum absolute atomic E-state index is 0.0155. The van der Waals surface area contributed by atoms with Gasteiger partial charge in [-0.15, -0.1) is 0 Å². The second-order valence-corrected chi connectivity index (χ2v) is 5.09. The topological polar surface area (TPSA) is 22.0 Å². The van der Waals surface area contributed by atoms with Crippen LogP contribution in [0.15, 0.2) is 56.3 Å². The third-order valence-corrected chi connectivity index (χ3v) is 3.65. The first kappa shape index (κ1) is 11.6. The van der Waals surface area contributed by atoms with Crippen molar-refractivity contribution in [2.45, 2.75) is 6.54 Å². The van der Waals surface area contributed by atoms with Gasteiger partial charge in [0.1, 0.15) is 0 Å². The Morgan fingerprint density at radius 3 is 2.44 bits per heavy atom. The summed E-state index contributed by atoms with van der Waals surface area (Å²) in [6.45, 7) is 0.569. The van der Waals surface area contributed by atoms with Crippen LogP contribution in [0, 0.1) is 0 Å². The number of rotatable bonds is 2. The molecule has 1 aromatic heterocycles. The monoisotopic (exact) mass is 341 g/mol. The number of halogens is 2. The fourth-order valence-electron chi connectivity index (χ4n) is 1.44. The third-order valence-electron chi connectivity index (χ3n) is 2.27. The van der Waals surface area contributed by atoms with Crippen LogP contribution in [-0.2, 0) is 6.54 Å². The second kappa shape index (κ2) is 4.97. The summed E-state index contributed by atoms with van der Waals surface area (Å²) < 4.78 is 3.27. The Kier molecular flexibility index (Phi) is 3.61. The molecule has 2 rings (SSSR count). The van der Waals surface area contributed by atoms with E-state index >= 15 is 0 Å². The molecule has 1 heterocycles. The lowest BCUT2D eigenvalue weighted by atomic mass is 10.2. The number of benzene rings is 1. The van der Waals surface area contributed by atoms with Gasteiger partial charge in [0.15, 0.2) is 0 Å². The molecule has 0 radical (unpaired) electrons. The van der Waals surface area contributed by atoms with Crippen molar-refractivity contribution in [3.63, 3.8) is 0 Å². The van der Waals surface area contributed by atoms with Crippen LogP contribution < -0.4 is 5.56 Å². The maximum Gasteiger partial charge on any atom is 0.265 e. The molecule has 0 saturated heterocycles. The van der Waals surface area contributed by atoms with Gasteiger partial charge in [-0.25, -0.2) is 0 Å². The predicted molar refractivity (Wildman–Crippen MR) is 71.6 cm³/mol. The van der Waals surface area contributed by atoms with E-state index in [2.05, 4.69) is 31.9 Å². The lowest BCUT2D eigenvalue weighted by Crippen LogP contribution is -2.20. The normalized spacial score (nSPS) is 10.4. The Balaban J connectivity index is 2.39. The number of aromatic nitrogens is 1. The van der Waals surface area contributed by atoms with Gasteiger partial charge in [0, 0.05) is 10.7 Å². The standard InChI is InChI=1S/C12H9Br2NO/c13-10-5-2-1-4-9(10)8-15-7-3-6-11(14)12(15)16/h1-7H,8H2. The van der Waals surface area contributed by atoms with Crippen LogP contribution in [0.4, 0.5) is 0 Å². The highest BCUT2D eigenvalue weighted by Gasteiger charge is 2.03. The smallest absolute Gasteiger partial charge is 0.265 e. The van der Waals surface area contributed by atoms with Gasteiger partial charge in [-0.2, -0.15) is 0 Å². The second-order valence-electron chi connectivity index (χ2n) is 3.38. The van der Waals surface area contributed by atoms with Gasteiger partial charge >= 0.3 is 0 Å². The Labute approximate surface area is 110 Å². The first-order valence-corrected chi connectivity index (χ1v) is 6.35. The highest BCUT2D eigenvalue weighted by Crippen LogP contribution is 2.16. The number of pyridine rings is 1. The van der Waals surface area contributed by atoms with E-state index in [0.717, 1.165) is 10.0 Å². The highest BCUT2D eigenvalue weighted by atomic mass is 79.9. The van der Waals surface area contributed by atoms with E-state index in [9.17, 15) is 4.79 Å². The molecule has 0 fully saturated rings. The summed E-state index contributed by atoms with van der Waals surface area (Å²) in [5.41, 5.74) is 1.07. The van der Waals surface area contributed by atoms with Crippen molar-refractivity contribution in [2.24, 2.45) is 0 Å². The quantitative estimate of drug-likeness (QED) is 0.819. The molecule has 0 bridgehead atoms. The van der Waals surface area contributed by atoms with Crippen LogP contribution in [0.3, 0.4) is 0 Å². The Morgan fingerprint density at radius 1 is 1.00 bits per heavy atom. The van der Waals surface area contributed by atoms with E-state index < -0.39 is 0 Å². The molecular formula is C12H9Br2NO. The first-order chi connectivity index (χ1) is 7.68. The minimum Gasteiger partial charge on any atom is -0.310 e. The molecule has 4 heteroatoms. The summed E-state index contributed by atoms with van der Waals surface area (Å²) in [4.78, 5) is 11.8. The van der Waals surface area contributed by atoms with Gasteiger partial charge in [0.05, 0.1) is 11.0 Å². The van der Waals surface area contributed by atoms with Crippen molar-refractivity contribution in [3.8, 4) is 0 Å². The molecule has 16 heavy (non-hydrogen) atoms. The molecule has 1 aromatic carbocycles. The van der Waals surface area contributed by atoms with Crippen molar-refractivity contribution in [2.75, 3.05) is 0 Å². The van der Waals surface area contributed by atoms with Crippen molar-refractivity contribution in [1.29, 1.82) is 0 Å². The summed E-state index contributed by atoms with van der Waals surface area (Å²) in [5.74, 6) is 0. The number of hydrogen-bond donors (Lipinski definition) is 0. The fourth-order valence-corrected chi connectivity index (χ4v) is 2.23. The summed E-state index contributed by atoms with van der Waals surface area (Å²) in [6, 6.07) is 11.5. The maximum absolute atomic E-state index is 11.8. The van der Waals surface area contributed by atoms with E-state index in [0.29, 0.717) is 11.0 Å². The molecular weight excluding hydrogens is 334 g/mol. The highest BCUT2D eigenvalue weighted by molar-refractivity contribution is 9.10. The molecule has 0 atom stereocenters. The molecule has 0 spiro atoms. The molecule has 0 saturated carbocycles.